The van der Waals surface area contributed by atoms with Crippen molar-refractivity contribution in [2.75, 3.05) is 0 Å². The Bertz CT molecular complexity index is 340. The van der Waals surface area contributed by atoms with Gasteiger partial charge in [0, 0.05) is 6.54 Å². The van der Waals surface area contributed by atoms with Crippen molar-refractivity contribution < 1.29 is 13.9 Å². The number of aliphatic hydroxyl groups is 1. The van der Waals surface area contributed by atoms with E-state index in [9.17, 15) is 13.9 Å². The normalized spacial score (nSPS) is 14.3. The van der Waals surface area contributed by atoms with E-state index in [2.05, 4.69) is 21.0 Å². The molecule has 0 spiro atoms. The lowest BCUT2D eigenvalue weighted by atomic mass is 10.2. The molecule has 1 heterocycles. The maximum absolute atomic E-state index is 12.7. The Hall–Kier alpha value is -0.200. The van der Waals surface area contributed by atoms with Gasteiger partial charge in [0.25, 0.3) is 0 Å². The Labute approximate surface area is 99.2 Å². The summed E-state index contributed by atoms with van der Waals surface area (Å²) in [6.07, 6.45) is 0.0148. The minimum Gasteiger partial charge on any atom is -0.379 e. The number of hydrogen-bond acceptors (Lipinski definition) is 2. The highest BCUT2D eigenvalue weighted by Gasteiger charge is 2.40. The van der Waals surface area contributed by atoms with Crippen LogP contribution in [0.3, 0.4) is 0 Å². The van der Waals surface area contributed by atoms with Gasteiger partial charge in [-0.05, 0) is 34.0 Å². The van der Waals surface area contributed by atoms with Crippen molar-refractivity contribution >= 4 is 27.5 Å². The van der Waals surface area contributed by atoms with Gasteiger partial charge in [-0.3, -0.25) is 4.68 Å². The predicted molar refractivity (Wildman–Crippen MR) is 56.0 cm³/mol. The fourth-order valence-electron chi connectivity index (χ4n) is 1.19. The molecule has 0 fully saturated rings. The average Bonchev–Trinajstić information content (AvgIpc) is 2.45. The van der Waals surface area contributed by atoms with E-state index in [4.69, 9.17) is 11.6 Å². The van der Waals surface area contributed by atoms with Gasteiger partial charge in [0.2, 0.25) is 0 Å². The number of aromatic nitrogens is 2. The smallest absolute Gasteiger partial charge is 0.352 e. The zero-order chi connectivity index (χ0) is 11.6. The highest BCUT2D eigenvalue weighted by atomic mass is 79.9. The third-order valence-electron chi connectivity index (χ3n) is 1.84. The number of aryl methyl sites for hydroxylation is 1. The fourth-order valence-corrected chi connectivity index (χ4v) is 1.81. The molecule has 0 saturated carbocycles. The van der Waals surface area contributed by atoms with Crippen LogP contribution < -0.4 is 0 Å². The number of halogens is 4. The molecule has 0 bridgehead atoms. The molecule has 0 aromatic carbocycles. The van der Waals surface area contributed by atoms with Gasteiger partial charge in [-0.1, -0.05) is 6.92 Å². The molecule has 0 aliphatic carbocycles. The van der Waals surface area contributed by atoms with E-state index in [1.807, 2.05) is 6.92 Å². The van der Waals surface area contributed by atoms with E-state index >= 15 is 0 Å². The summed E-state index contributed by atoms with van der Waals surface area (Å²) in [5, 5.41) is 9.52. The van der Waals surface area contributed by atoms with Gasteiger partial charge < -0.3 is 5.11 Å². The number of nitrogens with zero attached hydrogens (tertiary/aromatic N) is 2. The summed E-state index contributed by atoms with van der Waals surface area (Å²) in [6, 6.07) is 0. The third kappa shape index (κ3) is 2.89. The molecule has 0 radical (unpaired) electrons. The minimum atomic E-state index is -3.70. The van der Waals surface area contributed by atoms with Crippen molar-refractivity contribution in [2.45, 2.75) is 31.4 Å². The van der Waals surface area contributed by atoms with Crippen LogP contribution in [0, 0.1) is 0 Å². The Morgan fingerprint density at radius 2 is 2.33 bits per heavy atom. The summed E-state index contributed by atoms with van der Waals surface area (Å²) in [5.41, 5.74) is -0.00292. The van der Waals surface area contributed by atoms with Gasteiger partial charge >= 0.3 is 5.38 Å². The highest BCUT2D eigenvalue weighted by molar-refractivity contribution is 9.10. The molecule has 1 N–H and O–H groups in total. The second kappa shape index (κ2) is 4.76. The summed E-state index contributed by atoms with van der Waals surface area (Å²) in [5.74, 6) is 0. The number of rotatable bonds is 4. The fraction of sp³-hybridized carbons (Fsp3) is 0.625. The molecule has 3 nitrogen and oxygen atoms in total. The van der Waals surface area contributed by atoms with E-state index in [1.165, 1.54) is 10.9 Å². The third-order valence-corrected chi connectivity index (χ3v) is 2.66. The SMILES string of the molecule is CCCn1ncc(Br)c1C(O)C(F)(F)Cl. The van der Waals surface area contributed by atoms with E-state index < -0.39 is 11.5 Å². The molecular weight excluding hydrogens is 293 g/mol. The van der Waals surface area contributed by atoms with Crippen LogP contribution >= 0.6 is 27.5 Å². The molecule has 1 rings (SSSR count). The maximum atomic E-state index is 12.7. The van der Waals surface area contributed by atoms with E-state index in [0.717, 1.165) is 6.42 Å². The molecular formula is C8H10BrClF2N2O. The van der Waals surface area contributed by atoms with Gasteiger partial charge in [-0.2, -0.15) is 13.9 Å². The molecule has 1 aromatic rings. The first-order valence-corrected chi connectivity index (χ1v) is 5.51. The Morgan fingerprint density at radius 3 is 2.80 bits per heavy atom. The first-order chi connectivity index (χ1) is 6.88. The van der Waals surface area contributed by atoms with Gasteiger partial charge in [-0.15, -0.1) is 0 Å². The van der Waals surface area contributed by atoms with Gasteiger partial charge in [-0.25, -0.2) is 0 Å². The van der Waals surface area contributed by atoms with Crippen LogP contribution in [0.4, 0.5) is 8.78 Å². The summed E-state index contributed by atoms with van der Waals surface area (Å²) in [7, 11) is 0. The molecule has 1 atom stereocenters. The lowest BCUT2D eigenvalue weighted by Crippen LogP contribution is -2.22. The first-order valence-electron chi connectivity index (χ1n) is 4.34. The number of hydrogen-bond donors (Lipinski definition) is 1. The molecule has 0 aliphatic heterocycles. The van der Waals surface area contributed by atoms with Crippen molar-refractivity contribution in [1.29, 1.82) is 0 Å². The number of alkyl halides is 3. The van der Waals surface area contributed by atoms with Gasteiger partial charge in [0.15, 0.2) is 6.10 Å². The zero-order valence-corrected chi connectivity index (χ0v) is 10.3. The summed E-state index contributed by atoms with van der Waals surface area (Å²) < 4.78 is 27.1. The first kappa shape index (κ1) is 12.9. The van der Waals surface area contributed by atoms with E-state index in [1.54, 1.807) is 0 Å². The van der Waals surface area contributed by atoms with Gasteiger partial charge in [0.05, 0.1) is 16.4 Å². The van der Waals surface area contributed by atoms with Crippen molar-refractivity contribution in [1.82, 2.24) is 9.78 Å². The van der Waals surface area contributed by atoms with Crippen molar-refractivity contribution in [3.8, 4) is 0 Å². The van der Waals surface area contributed by atoms with Crippen LogP contribution in [-0.2, 0) is 6.54 Å². The Balaban J connectivity index is 3.06. The second-order valence-corrected chi connectivity index (χ2v) is 4.40. The highest BCUT2D eigenvalue weighted by Crippen LogP contribution is 2.37. The maximum Gasteiger partial charge on any atom is 0.352 e. The predicted octanol–water partition coefficient (Wildman–Crippen LogP) is 2.92. The molecule has 1 aromatic heterocycles. The van der Waals surface area contributed by atoms with E-state index in [0.29, 0.717) is 11.0 Å². The van der Waals surface area contributed by atoms with Crippen LogP contribution in [0.2, 0.25) is 0 Å². The molecule has 0 amide bonds. The summed E-state index contributed by atoms with van der Waals surface area (Å²) in [6.45, 7) is 2.33. The monoisotopic (exact) mass is 302 g/mol. The van der Waals surface area contributed by atoms with E-state index in [-0.39, 0.29) is 5.69 Å². The quantitative estimate of drug-likeness (QED) is 0.869. The average molecular weight is 304 g/mol. The van der Waals surface area contributed by atoms with Crippen LogP contribution in [0.15, 0.2) is 10.7 Å². The Kier molecular flexibility index (Phi) is 4.08. The summed E-state index contributed by atoms with van der Waals surface area (Å²) in [4.78, 5) is 0. The molecule has 0 saturated heterocycles. The van der Waals surface area contributed by atoms with Crippen LogP contribution in [0.1, 0.15) is 25.1 Å². The van der Waals surface area contributed by atoms with Crippen molar-refractivity contribution in [2.24, 2.45) is 0 Å². The standard InChI is InChI=1S/C8H10BrClF2N2O/c1-2-3-14-6(5(9)4-13-14)7(15)8(10,11)12/h4,7,15H,2-3H2,1H3. The van der Waals surface area contributed by atoms with Crippen molar-refractivity contribution in [3.63, 3.8) is 0 Å². The lowest BCUT2D eigenvalue weighted by Gasteiger charge is -2.17. The second-order valence-electron chi connectivity index (χ2n) is 3.05. The number of aliphatic hydroxyl groups excluding tert-OH is 1. The topological polar surface area (TPSA) is 38.0 Å². The molecule has 15 heavy (non-hydrogen) atoms. The van der Waals surface area contributed by atoms with Gasteiger partial charge in [0.1, 0.15) is 0 Å². The molecule has 7 heteroatoms. The largest absolute Gasteiger partial charge is 0.379 e. The molecule has 1 unspecified atom stereocenters. The molecule has 86 valence electrons. The minimum absolute atomic E-state index is 0.00292. The Morgan fingerprint density at radius 1 is 1.73 bits per heavy atom. The van der Waals surface area contributed by atoms with Crippen LogP contribution in [-0.4, -0.2) is 20.3 Å². The van der Waals surface area contributed by atoms with Crippen LogP contribution in [0.5, 0.6) is 0 Å². The zero-order valence-electron chi connectivity index (χ0n) is 7.92. The molecule has 0 aliphatic rings. The lowest BCUT2D eigenvalue weighted by molar-refractivity contribution is -0.0472. The van der Waals surface area contributed by atoms with Crippen molar-refractivity contribution in [3.05, 3.63) is 16.4 Å². The van der Waals surface area contributed by atoms with Crippen LogP contribution in [0.25, 0.3) is 0 Å². The summed E-state index contributed by atoms with van der Waals surface area (Å²) >= 11 is 7.82.